The Kier molecular flexibility index (Phi) is 4.49. The zero-order valence-corrected chi connectivity index (χ0v) is 12.9. The quantitative estimate of drug-likeness (QED) is 0.890. The molecule has 112 valence electrons. The Morgan fingerprint density at radius 1 is 1.10 bits per heavy atom. The van der Waals surface area contributed by atoms with Gasteiger partial charge < -0.3 is 5.73 Å². The van der Waals surface area contributed by atoms with Crippen molar-refractivity contribution >= 4 is 10.0 Å². The van der Waals surface area contributed by atoms with E-state index in [1.807, 2.05) is 19.9 Å². The van der Waals surface area contributed by atoms with Crippen molar-refractivity contribution in [2.45, 2.75) is 24.3 Å². The molecule has 20 heavy (non-hydrogen) atoms. The maximum absolute atomic E-state index is 12.5. The molecule has 1 aromatic carbocycles. The molecule has 2 rings (SSSR count). The van der Waals surface area contributed by atoms with Crippen LogP contribution in [0.2, 0.25) is 0 Å². The van der Waals surface area contributed by atoms with Gasteiger partial charge in [-0.1, -0.05) is 18.2 Å². The minimum absolute atomic E-state index is 0.250. The van der Waals surface area contributed by atoms with Crippen LogP contribution >= 0.6 is 0 Å². The summed E-state index contributed by atoms with van der Waals surface area (Å²) >= 11 is 0. The number of rotatable bonds is 4. The lowest BCUT2D eigenvalue weighted by Crippen LogP contribution is -2.53. The lowest BCUT2D eigenvalue weighted by atomic mass is 10.1. The summed E-state index contributed by atoms with van der Waals surface area (Å²) in [6, 6.07) is 8.61. The Hall–Kier alpha value is -0.950. The van der Waals surface area contributed by atoms with Gasteiger partial charge in [-0.05, 0) is 26.0 Å². The van der Waals surface area contributed by atoms with Crippen LogP contribution in [0.5, 0.6) is 0 Å². The first-order valence-corrected chi connectivity index (χ1v) is 8.29. The van der Waals surface area contributed by atoms with Crippen LogP contribution in [0.15, 0.2) is 35.2 Å². The molecule has 6 heteroatoms. The monoisotopic (exact) mass is 297 g/mol. The van der Waals surface area contributed by atoms with E-state index in [1.165, 1.54) is 0 Å². The van der Waals surface area contributed by atoms with Crippen molar-refractivity contribution in [1.82, 2.24) is 9.21 Å². The van der Waals surface area contributed by atoms with E-state index >= 15 is 0 Å². The normalized spacial score (nSPS) is 19.1. The highest BCUT2D eigenvalue weighted by Gasteiger charge is 2.29. The summed E-state index contributed by atoms with van der Waals surface area (Å²) in [5.74, 6) is 0. The molecule has 0 aliphatic carbocycles. The number of piperazine rings is 1. The molecule has 0 bridgehead atoms. The zero-order valence-electron chi connectivity index (χ0n) is 12.1. The maximum Gasteiger partial charge on any atom is 0.243 e. The van der Waals surface area contributed by atoms with Crippen molar-refractivity contribution in [2.75, 3.05) is 32.7 Å². The summed E-state index contributed by atoms with van der Waals surface area (Å²) in [5, 5.41) is 0. The van der Waals surface area contributed by atoms with Crippen LogP contribution in [0.4, 0.5) is 0 Å². The number of sulfonamides is 1. The van der Waals surface area contributed by atoms with Gasteiger partial charge in [-0.2, -0.15) is 4.31 Å². The van der Waals surface area contributed by atoms with Gasteiger partial charge in [-0.25, -0.2) is 8.42 Å². The van der Waals surface area contributed by atoms with Gasteiger partial charge in [0.05, 0.1) is 4.90 Å². The summed E-state index contributed by atoms with van der Waals surface area (Å²) in [6.07, 6.45) is 0. The smallest absolute Gasteiger partial charge is 0.243 e. The molecular formula is C14H23N3O2S. The second-order valence-electron chi connectivity index (χ2n) is 5.98. The second kappa shape index (κ2) is 5.81. The van der Waals surface area contributed by atoms with E-state index in [0.29, 0.717) is 18.0 Å². The van der Waals surface area contributed by atoms with Crippen molar-refractivity contribution in [2.24, 2.45) is 5.73 Å². The van der Waals surface area contributed by atoms with Crippen LogP contribution in [0.3, 0.4) is 0 Å². The Labute approximate surface area is 121 Å². The number of hydrogen-bond donors (Lipinski definition) is 1. The fourth-order valence-corrected chi connectivity index (χ4v) is 3.89. The summed E-state index contributed by atoms with van der Waals surface area (Å²) in [4.78, 5) is 2.59. The number of nitrogens with zero attached hydrogens (tertiary/aromatic N) is 2. The van der Waals surface area contributed by atoms with Gasteiger partial charge in [-0.15, -0.1) is 0 Å². The van der Waals surface area contributed by atoms with Gasteiger partial charge in [-0.3, -0.25) is 4.90 Å². The molecule has 0 spiro atoms. The summed E-state index contributed by atoms with van der Waals surface area (Å²) < 4.78 is 26.5. The maximum atomic E-state index is 12.5. The van der Waals surface area contributed by atoms with Gasteiger partial charge in [0.25, 0.3) is 0 Å². The minimum atomic E-state index is -3.35. The fourth-order valence-electron chi connectivity index (χ4n) is 2.45. The molecule has 0 unspecified atom stereocenters. The highest BCUT2D eigenvalue weighted by Crippen LogP contribution is 2.17. The number of hydrogen-bond acceptors (Lipinski definition) is 4. The Balaban J connectivity index is 2.01. The van der Waals surface area contributed by atoms with Crippen LogP contribution < -0.4 is 5.73 Å². The van der Waals surface area contributed by atoms with E-state index in [-0.39, 0.29) is 5.54 Å². The molecular weight excluding hydrogens is 274 g/mol. The Bertz CT molecular complexity index is 529. The van der Waals surface area contributed by atoms with E-state index in [4.69, 9.17) is 5.73 Å². The molecule has 1 fully saturated rings. The molecule has 0 aromatic heterocycles. The van der Waals surface area contributed by atoms with E-state index in [0.717, 1.165) is 19.6 Å². The van der Waals surface area contributed by atoms with Crippen molar-refractivity contribution in [1.29, 1.82) is 0 Å². The molecule has 0 amide bonds. The number of benzene rings is 1. The predicted molar refractivity (Wildman–Crippen MR) is 79.9 cm³/mol. The molecule has 1 saturated heterocycles. The first-order valence-electron chi connectivity index (χ1n) is 6.85. The molecule has 1 heterocycles. The standard InChI is InChI=1S/C14H23N3O2S/c1-14(2,15)12-16-8-10-17(11-9-16)20(18,19)13-6-4-3-5-7-13/h3-7H,8-12,15H2,1-2H3. The molecule has 5 nitrogen and oxygen atoms in total. The van der Waals surface area contributed by atoms with Gasteiger partial charge in [0, 0.05) is 38.3 Å². The van der Waals surface area contributed by atoms with Gasteiger partial charge in [0.2, 0.25) is 10.0 Å². The third-order valence-corrected chi connectivity index (χ3v) is 5.26. The van der Waals surface area contributed by atoms with E-state index < -0.39 is 10.0 Å². The topological polar surface area (TPSA) is 66.6 Å². The molecule has 0 radical (unpaired) electrons. The van der Waals surface area contributed by atoms with Crippen LogP contribution in [0.25, 0.3) is 0 Å². The zero-order chi connectivity index (χ0) is 14.8. The molecule has 0 atom stereocenters. The van der Waals surface area contributed by atoms with Crippen molar-refractivity contribution in [3.63, 3.8) is 0 Å². The molecule has 1 aliphatic heterocycles. The first-order chi connectivity index (χ1) is 9.29. The van der Waals surface area contributed by atoms with Gasteiger partial charge >= 0.3 is 0 Å². The number of nitrogens with two attached hydrogens (primary N) is 1. The Morgan fingerprint density at radius 3 is 2.15 bits per heavy atom. The molecule has 2 N–H and O–H groups in total. The second-order valence-corrected chi connectivity index (χ2v) is 7.92. The third kappa shape index (κ3) is 3.79. The highest BCUT2D eigenvalue weighted by atomic mass is 32.2. The molecule has 1 aromatic rings. The molecule has 1 aliphatic rings. The predicted octanol–water partition coefficient (Wildman–Crippen LogP) is 0.730. The summed E-state index contributed by atoms with van der Waals surface area (Å²) in [5.41, 5.74) is 5.75. The SMILES string of the molecule is CC(C)(N)CN1CCN(S(=O)(=O)c2ccccc2)CC1. The van der Waals surface area contributed by atoms with Gasteiger partial charge in [0.15, 0.2) is 0 Å². The first kappa shape index (κ1) is 15.4. The van der Waals surface area contributed by atoms with E-state index in [2.05, 4.69) is 4.90 Å². The fraction of sp³-hybridized carbons (Fsp3) is 0.571. The van der Waals surface area contributed by atoms with Crippen LogP contribution in [-0.2, 0) is 10.0 Å². The molecule has 0 saturated carbocycles. The lowest BCUT2D eigenvalue weighted by Gasteiger charge is -2.37. The summed E-state index contributed by atoms with van der Waals surface area (Å²) in [7, 11) is -3.35. The van der Waals surface area contributed by atoms with Crippen molar-refractivity contribution in [3.8, 4) is 0 Å². The van der Waals surface area contributed by atoms with Crippen LogP contribution in [-0.4, -0.2) is 55.9 Å². The third-order valence-electron chi connectivity index (χ3n) is 3.34. The lowest BCUT2D eigenvalue weighted by molar-refractivity contribution is 0.162. The van der Waals surface area contributed by atoms with Crippen LogP contribution in [0.1, 0.15) is 13.8 Å². The van der Waals surface area contributed by atoms with Crippen molar-refractivity contribution < 1.29 is 8.42 Å². The van der Waals surface area contributed by atoms with Crippen LogP contribution in [0, 0.1) is 0 Å². The largest absolute Gasteiger partial charge is 0.324 e. The Morgan fingerprint density at radius 2 is 1.65 bits per heavy atom. The van der Waals surface area contributed by atoms with Crippen molar-refractivity contribution in [3.05, 3.63) is 30.3 Å². The average Bonchev–Trinajstić information content (AvgIpc) is 2.38. The average molecular weight is 297 g/mol. The van der Waals surface area contributed by atoms with E-state index in [9.17, 15) is 8.42 Å². The van der Waals surface area contributed by atoms with E-state index in [1.54, 1.807) is 28.6 Å². The minimum Gasteiger partial charge on any atom is -0.324 e. The highest BCUT2D eigenvalue weighted by molar-refractivity contribution is 7.89. The van der Waals surface area contributed by atoms with Gasteiger partial charge in [0.1, 0.15) is 0 Å². The summed E-state index contributed by atoms with van der Waals surface area (Å²) in [6.45, 7) is 7.26.